The molecule has 0 bridgehead atoms. The molecule has 0 spiro atoms. The summed E-state index contributed by atoms with van der Waals surface area (Å²) in [7, 11) is 0. The molecular weight excluding hydrogens is 316 g/mol. The Balaban J connectivity index is 1.82. The summed E-state index contributed by atoms with van der Waals surface area (Å²) < 4.78 is 31.7. The summed E-state index contributed by atoms with van der Waals surface area (Å²) in [4.78, 5) is 23.4. The molecule has 0 saturated carbocycles. The van der Waals surface area contributed by atoms with Gasteiger partial charge in [-0.05, 0) is 23.6 Å². The first-order chi connectivity index (χ1) is 11.5. The highest BCUT2D eigenvalue weighted by atomic mass is 19.1. The SMILES string of the molecule is CC(CC(=O)OCC(=O)Nc1c(F)cccc1F)c1ccccc1. The van der Waals surface area contributed by atoms with Gasteiger partial charge in [-0.3, -0.25) is 9.59 Å². The smallest absolute Gasteiger partial charge is 0.306 e. The lowest BCUT2D eigenvalue weighted by Gasteiger charge is -2.12. The van der Waals surface area contributed by atoms with Crippen molar-refractivity contribution in [2.24, 2.45) is 0 Å². The highest BCUT2D eigenvalue weighted by molar-refractivity contribution is 5.93. The summed E-state index contributed by atoms with van der Waals surface area (Å²) in [6.07, 6.45) is 0.103. The summed E-state index contributed by atoms with van der Waals surface area (Å²) in [5.41, 5.74) is 0.420. The highest BCUT2D eigenvalue weighted by Crippen LogP contribution is 2.19. The Morgan fingerprint density at radius 1 is 1.04 bits per heavy atom. The van der Waals surface area contributed by atoms with Crippen LogP contribution in [0.4, 0.5) is 14.5 Å². The first-order valence-corrected chi connectivity index (χ1v) is 7.42. The van der Waals surface area contributed by atoms with Crippen molar-refractivity contribution in [2.45, 2.75) is 19.3 Å². The average molecular weight is 333 g/mol. The second kappa shape index (κ2) is 8.19. The van der Waals surface area contributed by atoms with Crippen LogP contribution in [0.25, 0.3) is 0 Å². The molecule has 1 N–H and O–H groups in total. The quantitative estimate of drug-likeness (QED) is 0.821. The lowest BCUT2D eigenvalue weighted by molar-refractivity contribution is -0.147. The number of rotatable bonds is 6. The van der Waals surface area contributed by atoms with Crippen LogP contribution in [0.5, 0.6) is 0 Å². The van der Waals surface area contributed by atoms with Crippen LogP contribution < -0.4 is 5.32 Å². The third kappa shape index (κ3) is 4.87. The van der Waals surface area contributed by atoms with E-state index in [4.69, 9.17) is 4.74 Å². The van der Waals surface area contributed by atoms with E-state index in [1.165, 1.54) is 6.07 Å². The van der Waals surface area contributed by atoms with Gasteiger partial charge in [0.2, 0.25) is 0 Å². The molecule has 1 unspecified atom stereocenters. The fraction of sp³-hybridized carbons (Fsp3) is 0.222. The van der Waals surface area contributed by atoms with Gasteiger partial charge in [0, 0.05) is 0 Å². The molecule has 4 nitrogen and oxygen atoms in total. The maximum Gasteiger partial charge on any atom is 0.306 e. The van der Waals surface area contributed by atoms with Crippen LogP contribution in [0.2, 0.25) is 0 Å². The van der Waals surface area contributed by atoms with Crippen LogP contribution in [0.15, 0.2) is 48.5 Å². The molecule has 0 aliphatic rings. The molecule has 2 aromatic rings. The summed E-state index contributed by atoms with van der Waals surface area (Å²) in [5.74, 6) is -3.22. The third-order valence-corrected chi connectivity index (χ3v) is 3.43. The van der Waals surface area contributed by atoms with Crippen LogP contribution in [0, 0.1) is 11.6 Å². The fourth-order valence-corrected chi connectivity index (χ4v) is 2.15. The number of benzene rings is 2. The minimum Gasteiger partial charge on any atom is -0.456 e. The monoisotopic (exact) mass is 333 g/mol. The summed E-state index contributed by atoms with van der Waals surface area (Å²) in [6, 6.07) is 12.6. The van der Waals surface area contributed by atoms with Crippen molar-refractivity contribution in [2.75, 3.05) is 11.9 Å². The van der Waals surface area contributed by atoms with Crippen LogP contribution in [0.1, 0.15) is 24.8 Å². The van der Waals surface area contributed by atoms with Crippen molar-refractivity contribution in [1.29, 1.82) is 0 Å². The van der Waals surface area contributed by atoms with E-state index < -0.39 is 35.8 Å². The predicted octanol–water partition coefficient (Wildman–Crippen LogP) is 3.64. The molecule has 0 heterocycles. The molecule has 0 aromatic heterocycles. The van der Waals surface area contributed by atoms with E-state index >= 15 is 0 Å². The third-order valence-electron chi connectivity index (χ3n) is 3.43. The number of ether oxygens (including phenoxy) is 1. The second-order valence-electron chi connectivity index (χ2n) is 5.32. The molecule has 1 atom stereocenters. The van der Waals surface area contributed by atoms with Crippen molar-refractivity contribution in [3.05, 3.63) is 65.7 Å². The van der Waals surface area contributed by atoms with Gasteiger partial charge in [0.15, 0.2) is 6.61 Å². The molecule has 126 valence electrons. The van der Waals surface area contributed by atoms with Crippen LogP contribution in [-0.2, 0) is 14.3 Å². The number of hydrogen-bond acceptors (Lipinski definition) is 3. The second-order valence-corrected chi connectivity index (χ2v) is 5.32. The van der Waals surface area contributed by atoms with E-state index in [-0.39, 0.29) is 12.3 Å². The zero-order chi connectivity index (χ0) is 17.5. The Kier molecular flexibility index (Phi) is 6.01. The van der Waals surface area contributed by atoms with Crippen molar-refractivity contribution in [3.8, 4) is 0 Å². The molecule has 1 amide bonds. The zero-order valence-electron chi connectivity index (χ0n) is 13.1. The van der Waals surface area contributed by atoms with E-state index in [0.29, 0.717) is 0 Å². The van der Waals surface area contributed by atoms with E-state index in [2.05, 4.69) is 5.32 Å². The summed E-state index contributed by atoms with van der Waals surface area (Å²) in [5, 5.41) is 2.05. The van der Waals surface area contributed by atoms with Gasteiger partial charge in [-0.1, -0.05) is 43.3 Å². The van der Waals surface area contributed by atoms with Crippen molar-refractivity contribution < 1.29 is 23.1 Å². The molecule has 0 fully saturated rings. The van der Waals surface area contributed by atoms with Gasteiger partial charge >= 0.3 is 5.97 Å². The van der Waals surface area contributed by atoms with Gasteiger partial charge in [-0.25, -0.2) is 8.78 Å². The van der Waals surface area contributed by atoms with E-state index in [1.54, 1.807) is 0 Å². The van der Waals surface area contributed by atoms with Crippen molar-refractivity contribution in [3.63, 3.8) is 0 Å². The van der Waals surface area contributed by atoms with Crippen LogP contribution in [0.3, 0.4) is 0 Å². The molecule has 0 saturated heterocycles. The Morgan fingerprint density at radius 3 is 2.29 bits per heavy atom. The maximum atomic E-state index is 13.4. The normalized spacial score (nSPS) is 11.6. The molecule has 2 aromatic carbocycles. The van der Waals surface area contributed by atoms with E-state index in [0.717, 1.165) is 17.7 Å². The average Bonchev–Trinajstić information content (AvgIpc) is 2.57. The van der Waals surface area contributed by atoms with Gasteiger partial charge < -0.3 is 10.1 Å². The van der Waals surface area contributed by atoms with Crippen LogP contribution in [-0.4, -0.2) is 18.5 Å². The van der Waals surface area contributed by atoms with Gasteiger partial charge in [-0.2, -0.15) is 0 Å². The fourth-order valence-electron chi connectivity index (χ4n) is 2.15. The Morgan fingerprint density at radius 2 is 1.67 bits per heavy atom. The van der Waals surface area contributed by atoms with Gasteiger partial charge in [-0.15, -0.1) is 0 Å². The van der Waals surface area contributed by atoms with E-state index in [9.17, 15) is 18.4 Å². The standard InChI is InChI=1S/C18H17F2NO3/c1-12(13-6-3-2-4-7-13)10-17(23)24-11-16(22)21-18-14(19)8-5-9-15(18)20/h2-9,12H,10-11H2,1H3,(H,21,22). The molecule has 0 aliphatic carbocycles. The molecule has 2 rings (SSSR count). The zero-order valence-corrected chi connectivity index (χ0v) is 13.1. The first kappa shape index (κ1) is 17.6. The van der Waals surface area contributed by atoms with Crippen molar-refractivity contribution in [1.82, 2.24) is 0 Å². The highest BCUT2D eigenvalue weighted by Gasteiger charge is 2.16. The number of anilines is 1. The topological polar surface area (TPSA) is 55.4 Å². The molecular formula is C18H17F2NO3. The summed E-state index contributed by atoms with van der Waals surface area (Å²) in [6.45, 7) is 1.26. The number of halogens is 2. The predicted molar refractivity (Wildman–Crippen MR) is 85.4 cm³/mol. The minimum absolute atomic E-state index is 0.0641. The van der Waals surface area contributed by atoms with Gasteiger partial charge in [0.05, 0.1) is 6.42 Å². The Labute approximate surface area is 138 Å². The maximum absolute atomic E-state index is 13.4. The number of carbonyl (C=O) groups is 2. The van der Waals surface area contributed by atoms with Gasteiger partial charge in [0.25, 0.3) is 5.91 Å². The first-order valence-electron chi connectivity index (χ1n) is 7.42. The Hall–Kier alpha value is -2.76. The molecule has 24 heavy (non-hydrogen) atoms. The van der Waals surface area contributed by atoms with Gasteiger partial charge in [0.1, 0.15) is 17.3 Å². The van der Waals surface area contributed by atoms with E-state index in [1.807, 2.05) is 37.3 Å². The summed E-state index contributed by atoms with van der Waals surface area (Å²) >= 11 is 0. The van der Waals surface area contributed by atoms with Crippen molar-refractivity contribution >= 4 is 17.6 Å². The number of amides is 1. The number of nitrogens with one attached hydrogen (secondary N) is 1. The minimum atomic E-state index is -0.896. The molecule has 0 radical (unpaired) electrons. The Bertz CT molecular complexity index is 699. The lowest BCUT2D eigenvalue weighted by atomic mass is 9.98. The largest absolute Gasteiger partial charge is 0.456 e. The van der Waals surface area contributed by atoms with Crippen LogP contribution >= 0.6 is 0 Å². The molecule has 0 aliphatic heterocycles. The molecule has 6 heteroatoms. The number of carbonyl (C=O) groups excluding carboxylic acids is 2. The number of esters is 1. The number of para-hydroxylation sites is 1. The number of hydrogen-bond donors (Lipinski definition) is 1. The lowest BCUT2D eigenvalue weighted by Crippen LogP contribution is -2.22.